The van der Waals surface area contributed by atoms with Crippen LogP contribution in [0.1, 0.15) is 27.4 Å². The molecule has 3 aromatic carbocycles. The first-order valence-corrected chi connectivity index (χ1v) is 9.67. The van der Waals surface area contributed by atoms with E-state index in [1.54, 1.807) is 12.2 Å². The number of fused-ring (bicyclic) bond motifs is 1. The van der Waals surface area contributed by atoms with Gasteiger partial charge in [-0.25, -0.2) is 4.98 Å². The third-order valence-electron chi connectivity index (χ3n) is 4.64. The maximum absolute atomic E-state index is 13.3. The fourth-order valence-electron chi connectivity index (χ4n) is 3.05. The highest BCUT2D eigenvalue weighted by Gasteiger charge is 2.20. The van der Waals surface area contributed by atoms with Crippen molar-refractivity contribution in [2.75, 3.05) is 6.61 Å². The molecule has 0 bridgehead atoms. The van der Waals surface area contributed by atoms with Crippen LogP contribution in [0.4, 0.5) is 0 Å². The number of allylic oxidation sites excluding steroid dienone is 1. The number of hydrogen-bond donors (Lipinski definition) is 0. The van der Waals surface area contributed by atoms with Gasteiger partial charge in [-0.3, -0.25) is 4.79 Å². The molecule has 4 aromatic rings. The van der Waals surface area contributed by atoms with Crippen LogP contribution in [0.5, 0.6) is 5.75 Å². The van der Waals surface area contributed by atoms with Crippen LogP contribution in [0.25, 0.3) is 22.7 Å². The molecule has 0 aliphatic carbocycles. The fourth-order valence-corrected chi connectivity index (χ4v) is 3.05. The lowest BCUT2D eigenvalue weighted by atomic mass is 10.00. The zero-order valence-corrected chi connectivity index (χ0v) is 16.7. The van der Waals surface area contributed by atoms with Crippen molar-refractivity contribution in [3.8, 4) is 5.75 Å². The van der Waals surface area contributed by atoms with E-state index in [1.807, 2.05) is 79.7 Å². The number of rotatable bonds is 7. The number of aromatic nitrogens is 1. The summed E-state index contributed by atoms with van der Waals surface area (Å²) in [6.45, 7) is 6.08. The summed E-state index contributed by atoms with van der Waals surface area (Å²) in [7, 11) is 0. The minimum absolute atomic E-state index is 0.145. The Kier molecular flexibility index (Phi) is 5.57. The smallest absolute Gasteiger partial charge is 0.231 e. The molecule has 4 nitrogen and oxygen atoms in total. The van der Waals surface area contributed by atoms with Gasteiger partial charge in [0.05, 0.1) is 5.57 Å². The first kappa shape index (κ1) is 19.4. The summed E-state index contributed by atoms with van der Waals surface area (Å²) in [5.74, 6) is 0.891. The largest absolute Gasteiger partial charge is 0.490 e. The highest BCUT2D eigenvalue weighted by Crippen LogP contribution is 2.27. The Bertz CT molecular complexity index is 1180. The molecule has 4 rings (SSSR count). The number of hydrogen-bond acceptors (Lipinski definition) is 4. The number of oxazole rings is 1. The lowest BCUT2D eigenvalue weighted by Crippen LogP contribution is -2.03. The highest BCUT2D eigenvalue weighted by molar-refractivity contribution is 6.31. The predicted molar refractivity (Wildman–Crippen MR) is 120 cm³/mol. The van der Waals surface area contributed by atoms with Gasteiger partial charge in [0.1, 0.15) is 17.9 Å². The molecule has 1 aromatic heterocycles. The molecule has 0 spiro atoms. The van der Waals surface area contributed by atoms with Crippen LogP contribution >= 0.6 is 0 Å². The van der Waals surface area contributed by atoms with Crippen molar-refractivity contribution in [1.29, 1.82) is 0 Å². The topological polar surface area (TPSA) is 52.3 Å². The summed E-state index contributed by atoms with van der Waals surface area (Å²) in [4.78, 5) is 17.9. The lowest BCUT2D eigenvalue weighted by molar-refractivity contribution is 0.105. The maximum atomic E-state index is 13.3. The third kappa shape index (κ3) is 4.23. The van der Waals surface area contributed by atoms with E-state index in [0.29, 0.717) is 34.7 Å². The zero-order valence-electron chi connectivity index (χ0n) is 16.7. The Balaban J connectivity index is 1.76. The van der Waals surface area contributed by atoms with Crippen molar-refractivity contribution in [3.63, 3.8) is 0 Å². The first-order valence-electron chi connectivity index (χ1n) is 9.67. The van der Waals surface area contributed by atoms with Gasteiger partial charge in [0.15, 0.2) is 11.4 Å². The number of benzene rings is 3. The monoisotopic (exact) mass is 395 g/mol. The second-order valence-electron chi connectivity index (χ2n) is 6.91. The number of ketones is 1. The molecule has 0 radical (unpaired) electrons. The number of carbonyl (C=O) groups is 1. The van der Waals surface area contributed by atoms with Gasteiger partial charge in [-0.05, 0) is 42.8 Å². The molecule has 0 aliphatic rings. The summed E-state index contributed by atoms with van der Waals surface area (Å²) in [5.41, 5.74) is 4.27. The van der Waals surface area contributed by atoms with E-state index in [0.717, 1.165) is 16.9 Å². The predicted octanol–water partition coefficient (Wildman–Crippen LogP) is 6.12. The molecule has 0 atom stereocenters. The Morgan fingerprint density at radius 1 is 1.03 bits per heavy atom. The Hall–Kier alpha value is -3.92. The molecule has 0 N–H and O–H groups in total. The maximum Gasteiger partial charge on any atom is 0.231 e. The SMILES string of the molecule is C=CCOc1ccc(C=C(C(=O)c2ccc(C)cc2)c2nc3ccccc3o2)cc1. The number of carbonyl (C=O) groups excluding carboxylic acids is 1. The van der Waals surface area contributed by atoms with Crippen LogP contribution in [0.3, 0.4) is 0 Å². The molecule has 0 unspecified atom stereocenters. The van der Waals surface area contributed by atoms with Gasteiger partial charge in [0.25, 0.3) is 0 Å². The molecule has 0 saturated heterocycles. The molecule has 30 heavy (non-hydrogen) atoms. The van der Waals surface area contributed by atoms with E-state index in [2.05, 4.69) is 11.6 Å². The standard InChI is InChI=1S/C26H21NO3/c1-3-16-29-21-14-10-19(11-15-21)17-22(25(28)20-12-8-18(2)9-13-20)26-27-23-6-4-5-7-24(23)30-26/h3-15,17H,1,16H2,2H3. The first-order chi connectivity index (χ1) is 14.6. The van der Waals surface area contributed by atoms with Crippen LogP contribution < -0.4 is 4.74 Å². The van der Waals surface area contributed by atoms with Crippen LogP contribution in [0.2, 0.25) is 0 Å². The minimum atomic E-state index is -0.145. The van der Waals surface area contributed by atoms with E-state index in [4.69, 9.17) is 9.15 Å². The Morgan fingerprint density at radius 3 is 2.47 bits per heavy atom. The number of Topliss-reactive ketones (excluding diaryl/α,β-unsaturated/α-hetero) is 1. The summed E-state index contributed by atoms with van der Waals surface area (Å²) >= 11 is 0. The van der Waals surface area contributed by atoms with E-state index in [-0.39, 0.29) is 5.78 Å². The van der Waals surface area contributed by atoms with Gasteiger partial charge in [0.2, 0.25) is 5.89 Å². The summed E-state index contributed by atoms with van der Waals surface area (Å²) in [6, 6.07) is 22.4. The molecule has 0 saturated carbocycles. The molecule has 4 heteroatoms. The number of nitrogens with zero attached hydrogens (tertiary/aromatic N) is 1. The number of aryl methyl sites for hydroxylation is 1. The lowest BCUT2D eigenvalue weighted by Gasteiger charge is -2.06. The van der Waals surface area contributed by atoms with Gasteiger partial charge >= 0.3 is 0 Å². The number of para-hydroxylation sites is 2. The molecule has 1 heterocycles. The fraction of sp³-hybridized carbons (Fsp3) is 0.0769. The van der Waals surface area contributed by atoms with E-state index in [1.165, 1.54) is 0 Å². The van der Waals surface area contributed by atoms with Crippen molar-refractivity contribution in [2.45, 2.75) is 6.92 Å². The van der Waals surface area contributed by atoms with Gasteiger partial charge in [-0.2, -0.15) is 0 Å². The van der Waals surface area contributed by atoms with Crippen molar-refractivity contribution >= 4 is 28.5 Å². The van der Waals surface area contributed by atoms with E-state index in [9.17, 15) is 4.79 Å². The summed E-state index contributed by atoms with van der Waals surface area (Å²) < 4.78 is 11.4. The highest BCUT2D eigenvalue weighted by atomic mass is 16.5. The summed E-state index contributed by atoms with van der Waals surface area (Å²) in [6.07, 6.45) is 3.49. The van der Waals surface area contributed by atoms with E-state index < -0.39 is 0 Å². The van der Waals surface area contributed by atoms with Crippen molar-refractivity contribution in [3.05, 3.63) is 108 Å². The van der Waals surface area contributed by atoms with Crippen molar-refractivity contribution in [1.82, 2.24) is 4.98 Å². The average Bonchev–Trinajstić information content (AvgIpc) is 3.21. The van der Waals surface area contributed by atoms with Crippen molar-refractivity contribution < 1.29 is 13.9 Å². The normalized spacial score (nSPS) is 11.4. The number of ether oxygens (including phenoxy) is 1. The molecular formula is C26H21NO3. The van der Waals surface area contributed by atoms with Gasteiger partial charge in [0, 0.05) is 5.56 Å². The molecular weight excluding hydrogens is 374 g/mol. The van der Waals surface area contributed by atoms with Gasteiger partial charge in [-0.15, -0.1) is 0 Å². The molecule has 0 aliphatic heterocycles. The quantitative estimate of drug-likeness (QED) is 0.215. The molecule has 148 valence electrons. The molecule has 0 amide bonds. The Morgan fingerprint density at radius 2 is 1.77 bits per heavy atom. The molecule has 0 fully saturated rings. The Labute approximate surface area is 175 Å². The van der Waals surface area contributed by atoms with E-state index >= 15 is 0 Å². The third-order valence-corrected chi connectivity index (χ3v) is 4.64. The second kappa shape index (κ2) is 8.62. The van der Waals surface area contributed by atoms with Gasteiger partial charge < -0.3 is 9.15 Å². The van der Waals surface area contributed by atoms with Crippen molar-refractivity contribution in [2.24, 2.45) is 0 Å². The van der Waals surface area contributed by atoms with Crippen LogP contribution in [0.15, 0.2) is 89.9 Å². The average molecular weight is 395 g/mol. The van der Waals surface area contributed by atoms with Crippen LogP contribution in [0, 0.1) is 6.92 Å². The van der Waals surface area contributed by atoms with Crippen LogP contribution in [-0.2, 0) is 0 Å². The summed E-state index contributed by atoms with van der Waals surface area (Å²) in [5, 5.41) is 0. The van der Waals surface area contributed by atoms with Gasteiger partial charge in [-0.1, -0.05) is 66.7 Å². The minimum Gasteiger partial charge on any atom is -0.490 e. The second-order valence-corrected chi connectivity index (χ2v) is 6.91. The zero-order chi connectivity index (χ0) is 20.9. The van der Waals surface area contributed by atoms with Crippen LogP contribution in [-0.4, -0.2) is 17.4 Å².